The van der Waals surface area contributed by atoms with Gasteiger partial charge < -0.3 is 10.3 Å². The maximum Gasteiger partial charge on any atom is 0.195 e. The van der Waals surface area contributed by atoms with Crippen LogP contribution in [0.25, 0.3) is 0 Å². The molecule has 2 heterocycles. The van der Waals surface area contributed by atoms with Crippen LogP contribution in [0.15, 0.2) is 35.1 Å². The lowest BCUT2D eigenvalue weighted by Gasteiger charge is -1.99. The molecule has 0 aromatic carbocycles. The molecule has 0 radical (unpaired) electrons. The lowest BCUT2D eigenvalue weighted by Crippen LogP contribution is -1.93. The summed E-state index contributed by atoms with van der Waals surface area (Å²) < 4.78 is 1.91. The van der Waals surface area contributed by atoms with E-state index in [2.05, 4.69) is 15.0 Å². The second-order valence-electron chi connectivity index (χ2n) is 2.72. The normalized spacial score (nSPS) is 10.4. The molecule has 0 unspecified atom stereocenters. The van der Waals surface area contributed by atoms with Gasteiger partial charge in [-0.2, -0.15) is 0 Å². The standard InChI is InChI=1S/C8H9N5S/c1-13-3-2-10-8(13)14-7-11-4-6(9)5-12-7/h2-5H,9H2,1H3. The Hall–Kier alpha value is -1.56. The van der Waals surface area contributed by atoms with Crippen LogP contribution >= 0.6 is 11.8 Å². The smallest absolute Gasteiger partial charge is 0.195 e. The van der Waals surface area contributed by atoms with Gasteiger partial charge in [0.15, 0.2) is 10.3 Å². The van der Waals surface area contributed by atoms with Gasteiger partial charge >= 0.3 is 0 Å². The monoisotopic (exact) mass is 207 g/mol. The van der Waals surface area contributed by atoms with Crippen LogP contribution < -0.4 is 5.73 Å². The molecule has 2 rings (SSSR count). The summed E-state index contributed by atoms with van der Waals surface area (Å²) >= 11 is 1.40. The van der Waals surface area contributed by atoms with Gasteiger partial charge in [-0.15, -0.1) is 0 Å². The number of anilines is 1. The minimum Gasteiger partial charge on any atom is -0.396 e. The first-order chi connectivity index (χ1) is 6.75. The molecule has 2 aromatic heterocycles. The quantitative estimate of drug-likeness (QED) is 0.742. The molecule has 5 nitrogen and oxygen atoms in total. The van der Waals surface area contributed by atoms with Crippen molar-refractivity contribution in [1.82, 2.24) is 19.5 Å². The molecule has 2 aromatic rings. The van der Waals surface area contributed by atoms with Crippen molar-refractivity contribution in [3.63, 3.8) is 0 Å². The van der Waals surface area contributed by atoms with Crippen molar-refractivity contribution < 1.29 is 0 Å². The second kappa shape index (κ2) is 3.67. The Kier molecular flexibility index (Phi) is 2.36. The number of aromatic nitrogens is 4. The van der Waals surface area contributed by atoms with Gasteiger partial charge in [0, 0.05) is 19.4 Å². The molecule has 0 saturated heterocycles. The van der Waals surface area contributed by atoms with Crippen LogP contribution in [0, 0.1) is 0 Å². The number of rotatable bonds is 2. The van der Waals surface area contributed by atoms with Crippen molar-refractivity contribution in [2.75, 3.05) is 5.73 Å². The summed E-state index contributed by atoms with van der Waals surface area (Å²) in [4.78, 5) is 12.3. The summed E-state index contributed by atoms with van der Waals surface area (Å²) in [5.74, 6) is 0. The Morgan fingerprint density at radius 2 is 2.00 bits per heavy atom. The van der Waals surface area contributed by atoms with Crippen LogP contribution in [-0.2, 0) is 7.05 Å². The molecule has 0 aliphatic carbocycles. The van der Waals surface area contributed by atoms with E-state index in [1.54, 1.807) is 18.6 Å². The van der Waals surface area contributed by atoms with Gasteiger partial charge in [0.05, 0.1) is 18.1 Å². The van der Waals surface area contributed by atoms with E-state index in [1.165, 1.54) is 11.8 Å². The number of imidazole rings is 1. The molecule has 0 atom stereocenters. The van der Waals surface area contributed by atoms with Crippen molar-refractivity contribution >= 4 is 17.4 Å². The van der Waals surface area contributed by atoms with Crippen molar-refractivity contribution in [2.24, 2.45) is 7.05 Å². The summed E-state index contributed by atoms with van der Waals surface area (Å²) in [5.41, 5.74) is 6.04. The number of hydrogen-bond donors (Lipinski definition) is 1. The van der Waals surface area contributed by atoms with Gasteiger partial charge in [0.25, 0.3) is 0 Å². The Morgan fingerprint density at radius 1 is 1.29 bits per heavy atom. The van der Waals surface area contributed by atoms with Crippen LogP contribution in [0.3, 0.4) is 0 Å². The van der Waals surface area contributed by atoms with E-state index in [0.717, 1.165) is 5.16 Å². The van der Waals surface area contributed by atoms with E-state index in [-0.39, 0.29) is 0 Å². The molecule has 0 aliphatic rings. The molecule has 72 valence electrons. The average Bonchev–Trinajstić information content (AvgIpc) is 2.56. The van der Waals surface area contributed by atoms with E-state index in [1.807, 2.05) is 17.8 Å². The zero-order valence-corrected chi connectivity index (χ0v) is 8.40. The molecular weight excluding hydrogens is 198 g/mol. The summed E-state index contributed by atoms with van der Waals surface area (Å²) in [5, 5.41) is 1.50. The molecule has 6 heteroatoms. The molecule has 14 heavy (non-hydrogen) atoms. The third-order valence-electron chi connectivity index (χ3n) is 1.61. The van der Waals surface area contributed by atoms with Crippen LogP contribution in [0.5, 0.6) is 0 Å². The predicted octanol–water partition coefficient (Wildman–Crippen LogP) is 0.943. The number of nitrogen functional groups attached to an aromatic ring is 1. The molecule has 0 aliphatic heterocycles. The highest BCUT2D eigenvalue weighted by atomic mass is 32.2. The summed E-state index contributed by atoms with van der Waals surface area (Å²) in [6.07, 6.45) is 6.77. The van der Waals surface area contributed by atoms with Gasteiger partial charge in [-0.3, -0.25) is 0 Å². The zero-order valence-electron chi connectivity index (χ0n) is 7.58. The first-order valence-corrected chi connectivity index (χ1v) is 4.80. The maximum absolute atomic E-state index is 5.47. The van der Waals surface area contributed by atoms with Gasteiger partial charge in [-0.25, -0.2) is 15.0 Å². The first-order valence-electron chi connectivity index (χ1n) is 3.98. The molecule has 0 saturated carbocycles. The van der Waals surface area contributed by atoms with E-state index in [9.17, 15) is 0 Å². The van der Waals surface area contributed by atoms with E-state index < -0.39 is 0 Å². The Balaban J connectivity index is 2.19. The molecule has 0 amide bonds. The van der Waals surface area contributed by atoms with Gasteiger partial charge in [-0.1, -0.05) is 0 Å². The SMILES string of the molecule is Cn1ccnc1Sc1ncc(N)cn1. The lowest BCUT2D eigenvalue weighted by atomic mass is 10.6. The summed E-state index contributed by atoms with van der Waals surface area (Å²) in [6, 6.07) is 0. The number of nitrogens with zero attached hydrogens (tertiary/aromatic N) is 4. The fraction of sp³-hybridized carbons (Fsp3) is 0.125. The third kappa shape index (κ3) is 1.85. The van der Waals surface area contributed by atoms with Gasteiger partial charge in [0.2, 0.25) is 0 Å². The second-order valence-corrected chi connectivity index (χ2v) is 3.66. The largest absolute Gasteiger partial charge is 0.396 e. The number of hydrogen-bond acceptors (Lipinski definition) is 5. The predicted molar refractivity (Wildman–Crippen MR) is 53.8 cm³/mol. The molecule has 0 bridgehead atoms. The van der Waals surface area contributed by atoms with Crippen LogP contribution in [0.4, 0.5) is 5.69 Å². The van der Waals surface area contributed by atoms with E-state index in [4.69, 9.17) is 5.73 Å². The number of nitrogens with two attached hydrogens (primary N) is 1. The molecular formula is C8H9N5S. The van der Waals surface area contributed by atoms with Crippen LogP contribution in [0.1, 0.15) is 0 Å². The average molecular weight is 207 g/mol. The Bertz CT molecular complexity index is 422. The number of aryl methyl sites for hydroxylation is 1. The highest BCUT2D eigenvalue weighted by Gasteiger charge is 2.03. The highest BCUT2D eigenvalue weighted by Crippen LogP contribution is 2.21. The third-order valence-corrected chi connectivity index (χ3v) is 2.58. The van der Waals surface area contributed by atoms with Gasteiger partial charge in [-0.05, 0) is 11.8 Å². The first kappa shape index (κ1) is 9.01. The van der Waals surface area contributed by atoms with E-state index >= 15 is 0 Å². The van der Waals surface area contributed by atoms with Crippen molar-refractivity contribution in [3.8, 4) is 0 Å². The van der Waals surface area contributed by atoms with E-state index in [0.29, 0.717) is 10.8 Å². The van der Waals surface area contributed by atoms with Crippen molar-refractivity contribution in [2.45, 2.75) is 10.3 Å². The zero-order chi connectivity index (χ0) is 9.97. The Morgan fingerprint density at radius 3 is 2.57 bits per heavy atom. The topological polar surface area (TPSA) is 69.6 Å². The minimum atomic E-state index is 0.564. The lowest BCUT2D eigenvalue weighted by molar-refractivity contribution is 0.785. The molecule has 0 fully saturated rings. The van der Waals surface area contributed by atoms with Crippen molar-refractivity contribution in [1.29, 1.82) is 0 Å². The summed E-state index contributed by atoms with van der Waals surface area (Å²) in [7, 11) is 1.92. The minimum absolute atomic E-state index is 0.564. The maximum atomic E-state index is 5.47. The van der Waals surface area contributed by atoms with Crippen molar-refractivity contribution in [3.05, 3.63) is 24.8 Å². The molecule has 2 N–H and O–H groups in total. The summed E-state index contributed by atoms with van der Waals surface area (Å²) in [6.45, 7) is 0. The Labute approximate surface area is 85.4 Å². The van der Waals surface area contributed by atoms with Gasteiger partial charge in [0.1, 0.15) is 0 Å². The highest BCUT2D eigenvalue weighted by molar-refractivity contribution is 7.99. The molecule has 0 spiro atoms. The fourth-order valence-electron chi connectivity index (χ4n) is 0.911. The van der Waals surface area contributed by atoms with Crippen LogP contribution in [0.2, 0.25) is 0 Å². The fourth-order valence-corrected chi connectivity index (χ4v) is 1.60. The van der Waals surface area contributed by atoms with Crippen LogP contribution in [-0.4, -0.2) is 19.5 Å².